The zero-order valence-corrected chi connectivity index (χ0v) is 12.5. The molecule has 0 radical (unpaired) electrons. The second-order valence-electron chi connectivity index (χ2n) is 4.76. The zero-order valence-electron chi connectivity index (χ0n) is 11.7. The van der Waals surface area contributed by atoms with Crippen LogP contribution in [0.2, 0.25) is 0 Å². The predicted molar refractivity (Wildman–Crippen MR) is 79.3 cm³/mol. The van der Waals surface area contributed by atoms with Crippen LogP contribution in [-0.4, -0.2) is 19.9 Å². The predicted octanol–water partition coefficient (Wildman–Crippen LogP) is 3.45. The lowest BCUT2D eigenvalue weighted by Crippen LogP contribution is -2.03. The second-order valence-corrected chi connectivity index (χ2v) is 6.17. The lowest BCUT2D eigenvalue weighted by atomic mass is 10.2. The van der Waals surface area contributed by atoms with E-state index < -0.39 is 0 Å². The summed E-state index contributed by atoms with van der Waals surface area (Å²) in [7, 11) is 0. The lowest BCUT2D eigenvalue weighted by molar-refractivity contribution is 0.277. The van der Waals surface area contributed by atoms with Gasteiger partial charge in [0.1, 0.15) is 5.82 Å². The molecule has 108 valence electrons. The first-order valence-corrected chi connectivity index (χ1v) is 7.58. The number of hydrogen-bond donors (Lipinski definition) is 1. The van der Waals surface area contributed by atoms with Crippen LogP contribution in [0, 0.1) is 5.82 Å². The van der Waals surface area contributed by atoms with Crippen LogP contribution < -0.4 is 0 Å². The fourth-order valence-electron chi connectivity index (χ4n) is 1.78. The number of benzene rings is 1. The fraction of sp³-hybridized carbons (Fsp3) is 0.400. The van der Waals surface area contributed by atoms with E-state index in [1.54, 1.807) is 23.9 Å². The number of halogens is 1. The number of nitrogens with zero attached hydrogens (tertiary/aromatic N) is 2. The Hall–Kier alpha value is -1.33. The summed E-state index contributed by atoms with van der Waals surface area (Å²) in [5.41, 5.74) is 1.68. The minimum atomic E-state index is -0.232. The summed E-state index contributed by atoms with van der Waals surface area (Å²) in [4.78, 5) is 4.43. The van der Waals surface area contributed by atoms with Crippen molar-refractivity contribution in [1.29, 1.82) is 0 Å². The SMILES string of the molecule is CC[C@H](C)Sc1nc(CO)cn1Cc1ccc(F)cc1. The highest BCUT2D eigenvalue weighted by atomic mass is 32.2. The van der Waals surface area contributed by atoms with E-state index in [2.05, 4.69) is 18.8 Å². The van der Waals surface area contributed by atoms with Crippen molar-refractivity contribution >= 4 is 11.8 Å². The average Bonchev–Trinajstić information content (AvgIpc) is 2.83. The van der Waals surface area contributed by atoms with E-state index in [4.69, 9.17) is 0 Å². The Bertz CT molecular complexity index is 554. The molecule has 0 saturated carbocycles. The number of thioether (sulfide) groups is 1. The third-order valence-corrected chi connectivity index (χ3v) is 4.37. The first kappa shape index (κ1) is 15.1. The topological polar surface area (TPSA) is 38.1 Å². The molecule has 1 atom stereocenters. The van der Waals surface area contributed by atoms with Crippen molar-refractivity contribution in [2.45, 2.75) is 43.8 Å². The average molecular weight is 294 g/mol. The molecule has 0 bridgehead atoms. The van der Waals surface area contributed by atoms with Crippen molar-refractivity contribution < 1.29 is 9.50 Å². The van der Waals surface area contributed by atoms with Crippen LogP contribution >= 0.6 is 11.8 Å². The maximum Gasteiger partial charge on any atom is 0.168 e. The number of imidazole rings is 1. The van der Waals surface area contributed by atoms with Gasteiger partial charge >= 0.3 is 0 Å². The minimum absolute atomic E-state index is 0.0650. The molecule has 1 heterocycles. The molecule has 0 unspecified atom stereocenters. The lowest BCUT2D eigenvalue weighted by Gasteiger charge is -2.10. The Morgan fingerprint density at radius 1 is 1.35 bits per heavy atom. The number of aliphatic hydroxyl groups excluding tert-OH is 1. The van der Waals surface area contributed by atoms with E-state index in [1.165, 1.54) is 12.1 Å². The van der Waals surface area contributed by atoms with Gasteiger partial charge in [-0.3, -0.25) is 0 Å². The highest BCUT2D eigenvalue weighted by Gasteiger charge is 2.11. The van der Waals surface area contributed by atoms with Gasteiger partial charge in [0.05, 0.1) is 12.3 Å². The van der Waals surface area contributed by atoms with E-state index in [9.17, 15) is 9.50 Å². The van der Waals surface area contributed by atoms with Gasteiger partial charge < -0.3 is 9.67 Å². The summed E-state index contributed by atoms with van der Waals surface area (Å²) in [5, 5.41) is 10.6. The standard InChI is InChI=1S/C15H19FN2OS/c1-3-11(2)20-15-17-14(10-19)9-18(15)8-12-4-6-13(16)7-5-12/h4-7,9,11,19H,3,8,10H2,1-2H3/t11-/m0/s1. The van der Waals surface area contributed by atoms with Crippen molar-refractivity contribution in [3.8, 4) is 0 Å². The van der Waals surface area contributed by atoms with E-state index in [1.807, 2.05) is 10.8 Å². The highest BCUT2D eigenvalue weighted by Crippen LogP contribution is 2.25. The summed E-state index contributed by atoms with van der Waals surface area (Å²) in [6.45, 7) is 4.86. The van der Waals surface area contributed by atoms with Gasteiger partial charge in [-0.25, -0.2) is 9.37 Å². The van der Waals surface area contributed by atoms with E-state index in [0.29, 0.717) is 17.5 Å². The summed E-state index contributed by atoms with van der Waals surface area (Å²) >= 11 is 1.70. The highest BCUT2D eigenvalue weighted by molar-refractivity contribution is 7.99. The van der Waals surface area contributed by atoms with Gasteiger partial charge in [0.2, 0.25) is 0 Å². The normalized spacial score (nSPS) is 12.6. The van der Waals surface area contributed by atoms with E-state index >= 15 is 0 Å². The third kappa shape index (κ3) is 3.84. The smallest absolute Gasteiger partial charge is 0.168 e. The largest absolute Gasteiger partial charge is 0.390 e. The molecule has 20 heavy (non-hydrogen) atoms. The molecule has 0 spiro atoms. The van der Waals surface area contributed by atoms with Gasteiger partial charge in [-0.05, 0) is 24.1 Å². The minimum Gasteiger partial charge on any atom is -0.390 e. The van der Waals surface area contributed by atoms with Crippen molar-refractivity contribution in [2.24, 2.45) is 0 Å². The second kappa shape index (κ2) is 6.90. The van der Waals surface area contributed by atoms with Crippen LogP contribution in [0.15, 0.2) is 35.6 Å². The van der Waals surface area contributed by atoms with Crippen molar-refractivity contribution in [1.82, 2.24) is 9.55 Å². The molecule has 1 N–H and O–H groups in total. The molecule has 0 saturated heterocycles. The van der Waals surface area contributed by atoms with Crippen LogP contribution in [0.5, 0.6) is 0 Å². The molecular formula is C15H19FN2OS. The maximum atomic E-state index is 12.9. The summed E-state index contributed by atoms with van der Waals surface area (Å²) in [5.74, 6) is -0.232. The zero-order chi connectivity index (χ0) is 14.5. The maximum absolute atomic E-state index is 12.9. The molecule has 0 aliphatic heterocycles. The van der Waals surface area contributed by atoms with E-state index in [0.717, 1.165) is 17.1 Å². The molecule has 2 rings (SSSR count). The molecule has 0 amide bonds. The Labute approximate surface area is 122 Å². The fourth-order valence-corrected chi connectivity index (χ4v) is 2.73. The molecule has 0 aliphatic carbocycles. The van der Waals surface area contributed by atoms with Gasteiger partial charge in [0, 0.05) is 18.0 Å². The first-order valence-electron chi connectivity index (χ1n) is 6.70. The van der Waals surface area contributed by atoms with Gasteiger partial charge in [-0.15, -0.1) is 0 Å². The van der Waals surface area contributed by atoms with Crippen LogP contribution in [0.3, 0.4) is 0 Å². The summed E-state index contributed by atoms with van der Waals surface area (Å²) in [6.07, 6.45) is 2.91. The molecule has 1 aromatic heterocycles. The third-order valence-electron chi connectivity index (χ3n) is 3.10. The molecular weight excluding hydrogens is 275 g/mol. The van der Waals surface area contributed by atoms with Gasteiger partial charge in [-0.1, -0.05) is 37.7 Å². The van der Waals surface area contributed by atoms with Gasteiger partial charge in [0.25, 0.3) is 0 Å². The quantitative estimate of drug-likeness (QED) is 0.829. The van der Waals surface area contributed by atoms with Crippen LogP contribution in [0.1, 0.15) is 31.5 Å². The molecule has 3 nitrogen and oxygen atoms in total. The molecule has 0 fully saturated rings. The number of rotatable bonds is 6. The number of aromatic nitrogens is 2. The Morgan fingerprint density at radius 2 is 2.05 bits per heavy atom. The Balaban J connectivity index is 2.20. The molecule has 2 aromatic rings. The molecule has 5 heteroatoms. The van der Waals surface area contributed by atoms with Crippen molar-refractivity contribution in [3.05, 3.63) is 47.5 Å². The molecule has 0 aliphatic rings. The van der Waals surface area contributed by atoms with Gasteiger partial charge in [0.15, 0.2) is 5.16 Å². The number of aliphatic hydroxyl groups is 1. The van der Waals surface area contributed by atoms with Crippen LogP contribution in [-0.2, 0) is 13.2 Å². The van der Waals surface area contributed by atoms with Crippen molar-refractivity contribution in [2.75, 3.05) is 0 Å². The molecule has 1 aromatic carbocycles. The summed E-state index contributed by atoms with van der Waals surface area (Å²) < 4.78 is 14.9. The number of hydrogen-bond acceptors (Lipinski definition) is 3. The van der Waals surface area contributed by atoms with Crippen LogP contribution in [0.4, 0.5) is 4.39 Å². The Kier molecular flexibility index (Phi) is 5.20. The Morgan fingerprint density at radius 3 is 2.65 bits per heavy atom. The van der Waals surface area contributed by atoms with Crippen LogP contribution in [0.25, 0.3) is 0 Å². The monoisotopic (exact) mass is 294 g/mol. The van der Waals surface area contributed by atoms with E-state index in [-0.39, 0.29) is 12.4 Å². The first-order chi connectivity index (χ1) is 9.62. The van der Waals surface area contributed by atoms with Crippen molar-refractivity contribution in [3.63, 3.8) is 0 Å². The summed E-state index contributed by atoms with van der Waals surface area (Å²) in [6, 6.07) is 6.46. The van der Waals surface area contributed by atoms with Gasteiger partial charge in [-0.2, -0.15) is 0 Å².